The molecule has 424 valence electrons. The van der Waals surface area contributed by atoms with Crippen molar-refractivity contribution in [1.82, 2.24) is 5.32 Å². The summed E-state index contributed by atoms with van der Waals surface area (Å²) in [4.78, 5) is 24.4. The molecule has 0 saturated heterocycles. The third-order valence-corrected chi connectivity index (χ3v) is 15.7. The second kappa shape index (κ2) is 61.4. The number of rotatable bonds is 62. The van der Waals surface area contributed by atoms with Crippen LogP contribution < -0.4 is 5.32 Å². The summed E-state index contributed by atoms with van der Waals surface area (Å²) in [6, 6.07) is -0.534. The van der Waals surface area contributed by atoms with Crippen LogP contribution in [0, 0.1) is 0 Å². The SMILES string of the molecule is CCCCCCCCCCCCCC(=O)OCCCCCCCCCCCCCCCCCCCCCCCCCCCCCCCCCCCC(=O)NC(CO)C(O)CCCCCCCCCCCC. The average molecular weight is 1000 g/mol. The second-order valence-corrected chi connectivity index (χ2v) is 22.8. The second-order valence-electron chi connectivity index (χ2n) is 22.8. The van der Waals surface area contributed by atoms with Crippen molar-refractivity contribution >= 4 is 11.9 Å². The van der Waals surface area contributed by atoms with Gasteiger partial charge in [-0.2, -0.15) is 0 Å². The minimum Gasteiger partial charge on any atom is -0.466 e. The van der Waals surface area contributed by atoms with E-state index >= 15 is 0 Å². The predicted octanol–water partition coefficient (Wildman–Crippen LogP) is 20.6. The van der Waals surface area contributed by atoms with Crippen molar-refractivity contribution in [3.8, 4) is 0 Å². The van der Waals surface area contributed by atoms with Crippen LogP contribution in [0.4, 0.5) is 0 Å². The van der Waals surface area contributed by atoms with Gasteiger partial charge in [0.25, 0.3) is 0 Å². The van der Waals surface area contributed by atoms with Gasteiger partial charge < -0.3 is 20.3 Å². The van der Waals surface area contributed by atoms with Crippen LogP contribution >= 0.6 is 0 Å². The number of carbonyl (C=O) groups is 2. The molecule has 6 heteroatoms. The minimum absolute atomic E-state index is 0.0221. The zero-order valence-electron chi connectivity index (χ0n) is 48.5. The lowest BCUT2D eigenvalue weighted by Crippen LogP contribution is -2.45. The summed E-state index contributed by atoms with van der Waals surface area (Å²) in [6.45, 7) is 4.97. The van der Waals surface area contributed by atoms with Gasteiger partial charge >= 0.3 is 5.97 Å². The summed E-state index contributed by atoms with van der Waals surface area (Å²) >= 11 is 0. The highest BCUT2D eigenvalue weighted by atomic mass is 16.5. The molecule has 6 nitrogen and oxygen atoms in total. The molecular formula is C65H129NO5. The van der Waals surface area contributed by atoms with Gasteiger partial charge in [-0.15, -0.1) is 0 Å². The van der Waals surface area contributed by atoms with E-state index in [-0.39, 0.29) is 18.5 Å². The van der Waals surface area contributed by atoms with E-state index in [1.54, 1.807) is 0 Å². The molecule has 0 aliphatic rings. The smallest absolute Gasteiger partial charge is 0.305 e. The number of amides is 1. The number of aliphatic hydroxyl groups is 2. The van der Waals surface area contributed by atoms with Crippen molar-refractivity contribution in [2.45, 2.75) is 392 Å². The molecule has 2 atom stereocenters. The third kappa shape index (κ3) is 58.0. The molecule has 3 N–H and O–H groups in total. The van der Waals surface area contributed by atoms with Gasteiger partial charge in [0.2, 0.25) is 5.91 Å². The van der Waals surface area contributed by atoms with Crippen molar-refractivity contribution in [1.29, 1.82) is 0 Å². The molecule has 71 heavy (non-hydrogen) atoms. The van der Waals surface area contributed by atoms with E-state index in [4.69, 9.17) is 4.74 Å². The van der Waals surface area contributed by atoms with Gasteiger partial charge in [-0.25, -0.2) is 0 Å². The maximum Gasteiger partial charge on any atom is 0.305 e. The third-order valence-electron chi connectivity index (χ3n) is 15.7. The van der Waals surface area contributed by atoms with Gasteiger partial charge in [0, 0.05) is 12.8 Å². The molecule has 0 aliphatic heterocycles. The Morgan fingerprint density at radius 1 is 0.338 bits per heavy atom. The topological polar surface area (TPSA) is 95.9 Å². The van der Waals surface area contributed by atoms with E-state index in [1.807, 2.05) is 0 Å². The number of hydrogen-bond acceptors (Lipinski definition) is 5. The Labute approximate surface area is 445 Å². The van der Waals surface area contributed by atoms with Gasteiger partial charge in [0.15, 0.2) is 0 Å². The molecule has 0 bridgehead atoms. The number of ether oxygens (including phenoxy) is 1. The molecule has 2 unspecified atom stereocenters. The molecule has 0 saturated carbocycles. The van der Waals surface area contributed by atoms with Crippen LogP contribution in [0.5, 0.6) is 0 Å². The van der Waals surface area contributed by atoms with E-state index in [9.17, 15) is 19.8 Å². The lowest BCUT2D eigenvalue weighted by molar-refractivity contribution is -0.143. The standard InChI is InChI=1S/C65H129NO5/c1-3-5-7-9-11-13-38-43-47-51-55-59-65(70)71-60-56-52-48-44-40-37-35-33-31-29-27-25-23-21-19-17-15-16-18-20-22-24-26-28-30-32-34-36-39-42-46-50-54-58-64(69)66-62(61-67)63(68)57-53-49-45-41-14-12-10-8-6-4-2/h62-63,67-68H,3-61H2,1-2H3,(H,66,69). The monoisotopic (exact) mass is 1000 g/mol. The van der Waals surface area contributed by atoms with Crippen molar-refractivity contribution < 1.29 is 24.5 Å². The summed E-state index contributed by atoms with van der Waals surface area (Å²) in [7, 11) is 0. The van der Waals surface area contributed by atoms with Crippen LogP contribution in [0.2, 0.25) is 0 Å². The maximum absolute atomic E-state index is 12.4. The molecule has 0 aromatic carbocycles. The van der Waals surface area contributed by atoms with Gasteiger partial charge in [-0.3, -0.25) is 9.59 Å². The molecule has 0 rings (SSSR count). The largest absolute Gasteiger partial charge is 0.466 e. The Morgan fingerprint density at radius 2 is 0.577 bits per heavy atom. The molecule has 0 heterocycles. The highest BCUT2D eigenvalue weighted by Crippen LogP contribution is 2.19. The molecule has 0 aliphatic carbocycles. The average Bonchev–Trinajstić information content (AvgIpc) is 3.37. The first-order chi connectivity index (χ1) is 35.0. The fourth-order valence-electron chi connectivity index (χ4n) is 10.6. The van der Waals surface area contributed by atoms with Crippen molar-refractivity contribution in [2.75, 3.05) is 13.2 Å². The summed E-state index contributed by atoms with van der Waals surface area (Å²) in [5.74, 6) is -0.00748. The van der Waals surface area contributed by atoms with E-state index in [0.717, 1.165) is 38.5 Å². The van der Waals surface area contributed by atoms with E-state index in [0.29, 0.717) is 25.9 Å². The number of esters is 1. The van der Waals surface area contributed by atoms with E-state index in [1.165, 1.54) is 308 Å². The van der Waals surface area contributed by atoms with Crippen molar-refractivity contribution in [3.63, 3.8) is 0 Å². The Bertz CT molecular complexity index is 1020. The van der Waals surface area contributed by atoms with Crippen LogP contribution in [0.1, 0.15) is 380 Å². The first-order valence-electron chi connectivity index (χ1n) is 32.8. The first-order valence-corrected chi connectivity index (χ1v) is 32.8. The van der Waals surface area contributed by atoms with Gasteiger partial charge in [-0.1, -0.05) is 341 Å². The Hall–Kier alpha value is -1.14. The quantitative estimate of drug-likeness (QED) is 0.0417. The zero-order valence-corrected chi connectivity index (χ0v) is 48.5. The lowest BCUT2D eigenvalue weighted by atomic mass is 10.0. The zero-order chi connectivity index (χ0) is 51.4. The fourth-order valence-corrected chi connectivity index (χ4v) is 10.6. The van der Waals surface area contributed by atoms with Crippen LogP contribution in [-0.2, 0) is 14.3 Å². The number of hydrogen-bond donors (Lipinski definition) is 3. The molecule has 0 radical (unpaired) electrons. The highest BCUT2D eigenvalue weighted by Gasteiger charge is 2.20. The van der Waals surface area contributed by atoms with E-state index in [2.05, 4.69) is 19.2 Å². The van der Waals surface area contributed by atoms with Crippen molar-refractivity contribution in [3.05, 3.63) is 0 Å². The number of nitrogens with one attached hydrogen (secondary N) is 1. The number of carbonyl (C=O) groups excluding carboxylic acids is 2. The minimum atomic E-state index is -0.657. The van der Waals surface area contributed by atoms with Crippen LogP contribution in [0.3, 0.4) is 0 Å². The Morgan fingerprint density at radius 3 is 0.859 bits per heavy atom. The molecule has 1 amide bonds. The number of unbranched alkanes of at least 4 members (excludes halogenated alkanes) is 51. The highest BCUT2D eigenvalue weighted by molar-refractivity contribution is 5.76. The molecule has 0 spiro atoms. The lowest BCUT2D eigenvalue weighted by Gasteiger charge is -2.22. The summed E-state index contributed by atoms with van der Waals surface area (Å²) in [5, 5.41) is 23.2. The normalized spacial score (nSPS) is 12.5. The Balaban J connectivity index is 3.28. The predicted molar refractivity (Wildman–Crippen MR) is 310 cm³/mol. The van der Waals surface area contributed by atoms with Crippen molar-refractivity contribution in [2.24, 2.45) is 0 Å². The molecule has 0 aromatic heterocycles. The van der Waals surface area contributed by atoms with Gasteiger partial charge in [0.1, 0.15) is 0 Å². The van der Waals surface area contributed by atoms with Crippen LogP contribution in [-0.4, -0.2) is 47.4 Å². The molecular weight excluding hydrogens is 875 g/mol. The van der Waals surface area contributed by atoms with E-state index < -0.39 is 12.1 Å². The fraction of sp³-hybridized carbons (Fsp3) is 0.969. The Kier molecular flexibility index (Phi) is 60.4. The molecule has 0 aromatic rings. The summed E-state index contributed by atoms with van der Waals surface area (Å²) < 4.78 is 5.47. The first kappa shape index (κ1) is 69.9. The van der Waals surface area contributed by atoms with Crippen LogP contribution in [0.15, 0.2) is 0 Å². The number of aliphatic hydroxyl groups excluding tert-OH is 2. The maximum atomic E-state index is 12.4. The summed E-state index contributed by atoms with van der Waals surface area (Å²) in [6.07, 6.45) is 73.0. The van der Waals surface area contributed by atoms with Crippen LogP contribution in [0.25, 0.3) is 0 Å². The molecule has 0 fully saturated rings. The van der Waals surface area contributed by atoms with Gasteiger partial charge in [0.05, 0.1) is 25.4 Å². The summed E-state index contributed by atoms with van der Waals surface area (Å²) in [5.41, 5.74) is 0. The van der Waals surface area contributed by atoms with Gasteiger partial charge in [-0.05, 0) is 25.7 Å².